The van der Waals surface area contributed by atoms with Crippen LogP contribution in [-0.4, -0.2) is 0 Å². The summed E-state index contributed by atoms with van der Waals surface area (Å²) in [6, 6.07) is 9.21. The zero-order valence-corrected chi connectivity index (χ0v) is 13.9. The van der Waals surface area contributed by atoms with Crippen molar-refractivity contribution in [2.24, 2.45) is 0 Å². The van der Waals surface area contributed by atoms with Crippen LogP contribution < -0.4 is 5.32 Å². The van der Waals surface area contributed by atoms with E-state index in [2.05, 4.69) is 63.2 Å². The number of hydrogen-bond donors (Lipinski definition) is 1. The van der Waals surface area contributed by atoms with Crippen LogP contribution in [0.1, 0.15) is 16.7 Å². The molecular weight excluding hydrogens is 373 g/mol. The molecule has 0 saturated carbocycles. The summed E-state index contributed by atoms with van der Waals surface area (Å²) in [6.45, 7) is 4.70. The Labute approximate surface area is 129 Å². The second kappa shape index (κ2) is 6.06. The molecule has 2 aromatic carbocycles. The first-order chi connectivity index (χ1) is 8.99. The van der Waals surface area contributed by atoms with E-state index in [1.165, 1.54) is 17.2 Å². The van der Waals surface area contributed by atoms with Gasteiger partial charge in [-0.15, -0.1) is 0 Å². The van der Waals surface area contributed by atoms with Crippen LogP contribution in [0.5, 0.6) is 0 Å². The molecule has 0 aliphatic heterocycles. The highest BCUT2D eigenvalue weighted by molar-refractivity contribution is 9.10. The van der Waals surface area contributed by atoms with Crippen molar-refractivity contribution in [2.45, 2.75) is 20.4 Å². The van der Waals surface area contributed by atoms with Crippen molar-refractivity contribution >= 4 is 37.5 Å². The summed E-state index contributed by atoms with van der Waals surface area (Å²) in [4.78, 5) is 0. The average Bonchev–Trinajstić information content (AvgIpc) is 2.33. The summed E-state index contributed by atoms with van der Waals surface area (Å²) >= 11 is 6.76. The predicted octanol–water partition coefficient (Wildman–Crippen LogP) is 5.58. The van der Waals surface area contributed by atoms with Crippen molar-refractivity contribution < 1.29 is 4.39 Å². The Morgan fingerprint density at radius 3 is 2.37 bits per heavy atom. The SMILES string of the molecule is Cc1cc(Br)cc(C)c1NCc1cccc(F)c1Br. The molecule has 0 amide bonds. The Morgan fingerprint density at radius 2 is 1.74 bits per heavy atom. The van der Waals surface area contributed by atoms with Crippen molar-refractivity contribution in [2.75, 3.05) is 5.32 Å². The molecule has 0 bridgehead atoms. The number of rotatable bonds is 3. The van der Waals surface area contributed by atoms with Crippen molar-refractivity contribution in [3.8, 4) is 0 Å². The van der Waals surface area contributed by atoms with Crippen LogP contribution >= 0.6 is 31.9 Å². The summed E-state index contributed by atoms with van der Waals surface area (Å²) in [5, 5.41) is 3.38. The second-order valence-electron chi connectivity index (χ2n) is 4.48. The van der Waals surface area contributed by atoms with Crippen LogP contribution in [0.4, 0.5) is 10.1 Å². The molecular formula is C15H14Br2FN. The van der Waals surface area contributed by atoms with Crippen molar-refractivity contribution in [1.82, 2.24) is 0 Å². The fourth-order valence-electron chi connectivity index (χ4n) is 2.06. The molecule has 0 aliphatic rings. The van der Waals surface area contributed by atoms with Crippen molar-refractivity contribution in [3.63, 3.8) is 0 Å². The molecule has 0 unspecified atom stereocenters. The molecule has 19 heavy (non-hydrogen) atoms. The van der Waals surface area contributed by atoms with E-state index in [1.807, 2.05) is 6.07 Å². The normalized spacial score (nSPS) is 10.6. The zero-order chi connectivity index (χ0) is 14.0. The Bertz CT molecular complexity index is 588. The van der Waals surface area contributed by atoms with Gasteiger partial charge >= 0.3 is 0 Å². The molecule has 0 atom stereocenters. The smallest absolute Gasteiger partial charge is 0.137 e. The highest BCUT2D eigenvalue weighted by atomic mass is 79.9. The van der Waals surface area contributed by atoms with E-state index in [0.29, 0.717) is 11.0 Å². The van der Waals surface area contributed by atoms with Crippen LogP contribution in [0.3, 0.4) is 0 Å². The van der Waals surface area contributed by atoms with Gasteiger partial charge in [-0.25, -0.2) is 4.39 Å². The summed E-state index contributed by atoms with van der Waals surface area (Å²) < 4.78 is 15.0. The van der Waals surface area contributed by atoms with Crippen LogP contribution in [-0.2, 0) is 6.54 Å². The number of nitrogens with one attached hydrogen (secondary N) is 1. The van der Waals surface area contributed by atoms with E-state index in [0.717, 1.165) is 15.7 Å². The quantitative estimate of drug-likeness (QED) is 0.725. The van der Waals surface area contributed by atoms with Gasteiger partial charge in [0, 0.05) is 16.7 Å². The monoisotopic (exact) mass is 385 g/mol. The van der Waals surface area contributed by atoms with E-state index < -0.39 is 0 Å². The van der Waals surface area contributed by atoms with Crippen LogP contribution in [0.25, 0.3) is 0 Å². The fraction of sp³-hybridized carbons (Fsp3) is 0.200. The molecule has 2 rings (SSSR count). The minimum atomic E-state index is -0.233. The van der Waals surface area contributed by atoms with E-state index in [-0.39, 0.29) is 5.82 Å². The van der Waals surface area contributed by atoms with Gasteiger partial charge in [-0.3, -0.25) is 0 Å². The second-order valence-corrected chi connectivity index (χ2v) is 6.19. The molecule has 0 aromatic heterocycles. The first-order valence-electron chi connectivity index (χ1n) is 5.92. The molecule has 100 valence electrons. The van der Waals surface area contributed by atoms with E-state index in [4.69, 9.17) is 0 Å². The van der Waals surface area contributed by atoms with E-state index >= 15 is 0 Å². The maximum Gasteiger partial charge on any atom is 0.137 e. The van der Waals surface area contributed by atoms with Gasteiger partial charge in [0.15, 0.2) is 0 Å². The minimum Gasteiger partial charge on any atom is -0.380 e. The Hall–Kier alpha value is -0.870. The number of hydrogen-bond acceptors (Lipinski definition) is 1. The molecule has 0 fully saturated rings. The first-order valence-corrected chi connectivity index (χ1v) is 7.51. The molecule has 0 radical (unpaired) electrons. The summed E-state index contributed by atoms with van der Waals surface area (Å²) in [6.07, 6.45) is 0. The largest absolute Gasteiger partial charge is 0.380 e. The van der Waals surface area contributed by atoms with E-state index in [9.17, 15) is 4.39 Å². The number of halogens is 3. The maximum atomic E-state index is 13.4. The summed E-state index contributed by atoms with van der Waals surface area (Å²) in [5.74, 6) is -0.233. The van der Waals surface area contributed by atoms with Crippen LogP contribution in [0, 0.1) is 19.7 Å². The van der Waals surface area contributed by atoms with Crippen molar-refractivity contribution in [1.29, 1.82) is 0 Å². The van der Waals surface area contributed by atoms with E-state index in [1.54, 1.807) is 6.07 Å². The number of anilines is 1. The summed E-state index contributed by atoms with van der Waals surface area (Å²) in [5.41, 5.74) is 4.33. The third-order valence-electron chi connectivity index (χ3n) is 2.98. The van der Waals surface area contributed by atoms with Gasteiger partial charge in [-0.1, -0.05) is 28.1 Å². The fourth-order valence-corrected chi connectivity index (χ4v) is 3.15. The Kier molecular flexibility index (Phi) is 4.63. The molecule has 0 heterocycles. The molecule has 2 aromatic rings. The third kappa shape index (κ3) is 3.37. The standard InChI is InChI=1S/C15H14Br2FN/c1-9-6-12(16)7-10(2)15(9)19-8-11-4-3-5-13(18)14(11)17/h3-7,19H,8H2,1-2H3. The van der Waals surface area contributed by atoms with Gasteiger partial charge in [-0.2, -0.15) is 0 Å². The maximum absolute atomic E-state index is 13.4. The lowest BCUT2D eigenvalue weighted by molar-refractivity contribution is 0.618. The molecule has 4 heteroatoms. The topological polar surface area (TPSA) is 12.0 Å². The number of benzene rings is 2. The van der Waals surface area contributed by atoms with Gasteiger partial charge in [0.05, 0.1) is 4.47 Å². The van der Waals surface area contributed by atoms with Gasteiger partial charge in [0.1, 0.15) is 5.82 Å². The Balaban J connectivity index is 2.22. The van der Waals surface area contributed by atoms with Crippen LogP contribution in [0.2, 0.25) is 0 Å². The molecule has 0 spiro atoms. The van der Waals surface area contributed by atoms with Gasteiger partial charge in [0.2, 0.25) is 0 Å². The third-order valence-corrected chi connectivity index (χ3v) is 4.33. The number of aryl methyl sites for hydroxylation is 2. The lowest BCUT2D eigenvalue weighted by Gasteiger charge is -2.14. The highest BCUT2D eigenvalue weighted by Crippen LogP contribution is 2.27. The van der Waals surface area contributed by atoms with Gasteiger partial charge in [0.25, 0.3) is 0 Å². The first kappa shape index (κ1) is 14.5. The van der Waals surface area contributed by atoms with Crippen LogP contribution in [0.15, 0.2) is 39.3 Å². The summed E-state index contributed by atoms with van der Waals surface area (Å²) in [7, 11) is 0. The van der Waals surface area contributed by atoms with Gasteiger partial charge in [-0.05, 0) is 64.7 Å². The lowest BCUT2D eigenvalue weighted by Crippen LogP contribution is -2.04. The van der Waals surface area contributed by atoms with Crippen molar-refractivity contribution in [3.05, 3.63) is 61.8 Å². The molecule has 0 aliphatic carbocycles. The predicted molar refractivity (Wildman–Crippen MR) is 85.0 cm³/mol. The molecule has 0 saturated heterocycles. The molecule has 1 N–H and O–H groups in total. The average molecular weight is 387 g/mol. The molecule has 1 nitrogen and oxygen atoms in total. The minimum absolute atomic E-state index is 0.233. The lowest BCUT2D eigenvalue weighted by atomic mass is 10.1. The Morgan fingerprint density at radius 1 is 1.11 bits per heavy atom. The zero-order valence-electron chi connectivity index (χ0n) is 10.7. The van der Waals surface area contributed by atoms with Gasteiger partial charge < -0.3 is 5.32 Å². The highest BCUT2D eigenvalue weighted by Gasteiger charge is 2.07.